The van der Waals surface area contributed by atoms with Crippen LogP contribution >= 0.6 is 0 Å². The number of benzene rings is 1. The number of aryl methyl sites for hydroxylation is 2. The zero-order valence-electron chi connectivity index (χ0n) is 13.0. The molecule has 1 aliphatic carbocycles. The van der Waals surface area contributed by atoms with Gasteiger partial charge in [0.25, 0.3) is 0 Å². The van der Waals surface area contributed by atoms with Crippen molar-refractivity contribution in [3.63, 3.8) is 0 Å². The molecule has 0 fully saturated rings. The molecule has 3 rings (SSSR count). The summed E-state index contributed by atoms with van der Waals surface area (Å²) in [5.74, 6) is 0.206. The average molecular weight is 284 g/mol. The van der Waals surface area contributed by atoms with Crippen molar-refractivity contribution in [2.75, 3.05) is 0 Å². The lowest BCUT2D eigenvalue weighted by Gasteiger charge is -2.23. The Morgan fingerprint density at radius 3 is 3.10 bits per heavy atom. The molecule has 1 aromatic carbocycles. The lowest BCUT2D eigenvalue weighted by atomic mass is 9.91. The van der Waals surface area contributed by atoms with Crippen LogP contribution in [0.15, 0.2) is 18.2 Å². The van der Waals surface area contributed by atoms with Gasteiger partial charge in [0, 0.05) is 35.5 Å². The summed E-state index contributed by atoms with van der Waals surface area (Å²) in [7, 11) is 0. The number of aromatic nitrogens is 1. The molecular formula is C18H24N2O. The SMILES string of the molecule is CCCCC(=O)NC1CCc2c([nH]c3ccc(C)cc23)C1. The van der Waals surface area contributed by atoms with E-state index in [1.54, 1.807) is 0 Å². The van der Waals surface area contributed by atoms with Crippen molar-refractivity contribution in [3.05, 3.63) is 35.0 Å². The Kier molecular flexibility index (Phi) is 4.00. The second kappa shape index (κ2) is 5.92. The number of carbonyl (C=O) groups excluding carboxylic acids is 1. The van der Waals surface area contributed by atoms with Gasteiger partial charge in [-0.05, 0) is 43.9 Å². The molecule has 2 aromatic rings. The highest BCUT2D eigenvalue weighted by atomic mass is 16.1. The van der Waals surface area contributed by atoms with Crippen LogP contribution in [0.25, 0.3) is 10.9 Å². The molecule has 1 aliphatic rings. The lowest BCUT2D eigenvalue weighted by molar-refractivity contribution is -0.122. The van der Waals surface area contributed by atoms with Crippen molar-refractivity contribution in [2.24, 2.45) is 0 Å². The van der Waals surface area contributed by atoms with E-state index < -0.39 is 0 Å². The summed E-state index contributed by atoms with van der Waals surface area (Å²) in [6.07, 6.45) is 5.75. The Morgan fingerprint density at radius 1 is 1.43 bits per heavy atom. The number of rotatable bonds is 4. The number of fused-ring (bicyclic) bond motifs is 3. The van der Waals surface area contributed by atoms with E-state index >= 15 is 0 Å². The smallest absolute Gasteiger partial charge is 0.220 e. The first-order valence-electron chi connectivity index (χ1n) is 8.07. The predicted octanol–water partition coefficient (Wildman–Crippen LogP) is 3.64. The number of nitrogens with one attached hydrogen (secondary N) is 2. The van der Waals surface area contributed by atoms with Gasteiger partial charge in [0.1, 0.15) is 0 Å². The van der Waals surface area contributed by atoms with Crippen LogP contribution in [0.1, 0.15) is 49.4 Å². The monoisotopic (exact) mass is 284 g/mol. The molecule has 3 heteroatoms. The molecule has 1 aromatic heterocycles. The summed E-state index contributed by atoms with van der Waals surface area (Å²) < 4.78 is 0. The molecule has 1 amide bonds. The quantitative estimate of drug-likeness (QED) is 0.884. The first-order chi connectivity index (χ1) is 10.2. The Labute approximate surface area is 126 Å². The van der Waals surface area contributed by atoms with Gasteiger partial charge < -0.3 is 10.3 Å². The maximum absolute atomic E-state index is 11.9. The normalized spacial score (nSPS) is 17.7. The second-order valence-corrected chi connectivity index (χ2v) is 6.24. The van der Waals surface area contributed by atoms with Gasteiger partial charge >= 0.3 is 0 Å². The van der Waals surface area contributed by atoms with Crippen LogP contribution in [-0.4, -0.2) is 16.9 Å². The molecule has 21 heavy (non-hydrogen) atoms. The standard InChI is InChI=1S/C18H24N2O/c1-3-4-5-18(21)19-13-7-8-14-15-10-12(2)6-9-16(15)20-17(14)11-13/h6,9-10,13,20H,3-5,7-8,11H2,1-2H3,(H,19,21). The Balaban J connectivity index is 1.74. The van der Waals surface area contributed by atoms with Crippen LogP contribution in [0.2, 0.25) is 0 Å². The van der Waals surface area contributed by atoms with Crippen molar-refractivity contribution in [1.82, 2.24) is 10.3 Å². The van der Waals surface area contributed by atoms with Gasteiger partial charge in [-0.3, -0.25) is 4.79 Å². The molecule has 1 heterocycles. The molecule has 112 valence electrons. The number of H-pyrrole nitrogens is 1. The van der Waals surface area contributed by atoms with Crippen molar-refractivity contribution in [1.29, 1.82) is 0 Å². The Morgan fingerprint density at radius 2 is 2.29 bits per heavy atom. The van der Waals surface area contributed by atoms with Crippen molar-refractivity contribution >= 4 is 16.8 Å². The van der Waals surface area contributed by atoms with E-state index in [4.69, 9.17) is 0 Å². The van der Waals surface area contributed by atoms with Crippen molar-refractivity contribution in [3.8, 4) is 0 Å². The van der Waals surface area contributed by atoms with Gasteiger partial charge in [0.15, 0.2) is 0 Å². The minimum absolute atomic E-state index is 0.206. The fraction of sp³-hybridized carbons (Fsp3) is 0.500. The van der Waals surface area contributed by atoms with Crippen molar-refractivity contribution in [2.45, 2.75) is 58.4 Å². The third-order valence-electron chi connectivity index (χ3n) is 4.47. The molecule has 3 nitrogen and oxygen atoms in total. The summed E-state index contributed by atoms with van der Waals surface area (Å²) in [5.41, 5.74) is 5.29. The number of unbranched alkanes of at least 4 members (excludes halogenated alkanes) is 1. The third-order valence-corrected chi connectivity index (χ3v) is 4.47. The molecule has 0 saturated carbocycles. The highest BCUT2D eigenvalue weighted by Gasteiger charge is 2.23. The minimum atomic E-state index is 0.206. The van der Waals surface area contributed by atoms with Gasteiger partial charge in [-0.15, -0.1) is 0 Å². The van der Waals surface area contributed by atoms with E-state index in [-0.39, 0.29) is 11.9 Å². The topological polar surface area (TPSA) is 44.9 Å². The number of amides is 1. The fourth-order valence-electron chi connectivity index (χ4n) is 3.30. The van der Waals surface area contributed by atoms with E-state index in [2.05, 4.69) is 42.3 Å². The maximum atomic E-state index is 11.9. The van der Waals surface area contributed by atoms with E-state index in [1.165, 1.54) is 27.7 Å². The van der Waals surface area contributed by atoms with Crippen LogP contribution < -0.4 is 5.32 Å². The predicted molar refractivity (Wildman–Crippen MR) is 86.5 cm³/mol. The Bertz CT molecular complexity index is 657. The van der Waals surface area contributed by atoms with E-state index in [9.17, 15) is 4.79 Å². The van der Waals surface area contributed by atoms with Gasteiger partial charge in [-0.25, -0.2) is 0 Å². The molecule has 1 unspecified atom stereocenters. The average Bonchev–Trinajstić information content (AvgIpc) is 2.82. The van der Waals surface area contributed by atoms with Crippen LogP contribution in [0.4, 0.5) is 0 Å². The summed E-state index contributed by atoms with van der Waals surface area (Å²) in [5, 5.41) is 4.55. The molecule has 0 spiro atoms. The van der Waals surface area contributed by atoms with Crippen LogP contribution in [0.3, 0.4) is 0 Å². The Hall–Kier alpha value is -1.77. The van der Waals surface area contributed by atoms with Gasteiger partial charge in [0.05, 0.1) is 0 Å². The third kappa shape index (κ3) is 2.97. The summed E-state index contributed by atoms with van der Waals surface area (Å²) in [4.78, 5) is 15.4. The zero-order chi connectivity index (χ0) is 14.8. The summed E-state index contributed by atoms with van der Waals surface area (Å²) in [6.45, 7) is 4.26. The van der Waals surface area contributed by atoms with Crippen LogP contribution in [-0.2, 0) is 17.6 Å². The second-order valence-electron chi connectivity index (χ2n) is 6.24. The molecule has 1 atom stereocenters. The van der Waals surface area contributed by atoms with E-state index in [1.807, 2.05) is 0 Å². The number of aromatic amines is 1. The van der Waals surface area contributed by atoms with E-state index in [0.717, 1.165) is 32.1 Å². The minimum Gasteiger partial charge on any atom is -0.358 e. The van der Waals surface area contributed by atoms with Gasteiger partial charge in [-0.2, -0.15) is 0 Å². The summed E-state index contributed by atoms with van der Waals surface area (Å²) in [6, 6.07) is 6.87. The lowest BCUT2D eigenvalue weighted by Crippen LogP contribution is -2.38. The maximum Gasteiger partial charge on any atom is 0.220 e. The first kappa shape index (κ1) is 14.2. The molecule has 2 N–H and O–H groups in total. The molecule has 0 radical (unpaired) electrons. The first-order valence-corrected chi connectivity index (χ1v) is 8.07. The summed E-state index contributed by atoms with van der Waals surface area (Å²) >= 11 is 0. The van der Waals surface area contributed by atoms with Crippen LogP contribution in [0, 0.1) is 6.92 Å². The zero-order valence-corrected chi connectivity index (χ0v) is 13.0. The van der Waals surface area contributed by atoms with Gasteiger partial charge in [0.2, 0.25) is 5.91 Å². The molecular weight excluding hydrogens is 260 g/mol. The number of carbonyl (C=O) groups is 1. The largest absolute Gasteiger partial charge is 0.358 e. The number of hydrogen-bond donors (Lipinski definition) is 2. The van der Waals surface area contributed by atoms with Gasteiger partial charge in [-0.1, -0.05) is 25.0 Å². The molecule has 0 saturated heterocycles. The highest BCUT2D eigenvalue weighted by molar-refractivity contribution is 5.85. The van der Waals surface area contributed by atoms with Crippen molar-refractivity contribution < 1.29 is 4.79 Å². The van der Waals surface area contributed by atoms with Crippen LogP contribution in [0.5, 0.6) is 0 Å². The number of hydrogen-bond acceptors (Lipinski definition) is 1. The highest BCUT2D eigenvalue weighted by Crippen LogP contribution is 2.29. The fourth-order valence-corrected chi connectivity index (χ4v) is 3.30. The molecule has 0 bridgehead atoms. The molecule has 0 aliphatic heterocycles. The van der Waals surface area contributed by atoms with E-state index in [0.29, 0.717) is 6.42 Å².